The van der Waals surface area contributed by atoms with Crippen molar-refractivity contribution >= 4 is 46.4 Å². The lowest BCUT2D eigenvalue weighted by Gasteiger charge is -2.30. The van der Waals surface area contributed by atoms with Crippen molar-refractivity contribution in [2.75, 3.05) is 0 Å². The molecule has 3 nitrogen and oxygen atoms in total. The molecular formula is C24H19Cl3N2O. The second-order valence-corrected chi connectivity index (χ2v) is 8.56. The molecule has 0 aliphatic carbocycles. The van der Waals surface area contributed by atoms with E-state index in [2.05, 4.69) is 5.10 Å². The van der Waals surface area contributed by atoms with Crippen LogP contribution in [-0.4, -0.2) is 16.6 Å². The average molecular weight is 458 g/mol. The average Bonchev–Trinajstić information content (AvgIpc) is 2.74. The first-order valence-electron chi connectivity index (χ1n) is 9.56. The van der Waals surface area contributed by atoms with Crippen LogP contribution >= 0.6 is 34.8 Å². The van der Waals surface area contributed by atoms with Crippen molar-refractivity contribution in [3.05, 3.63) is 104 Å². The van der Waals surface area contributed by atoms with Gasteiger partial charge in [0.1, 0.15) is 0 Å². The van der Waals surface area contributed by atoms with Crippen LogP contribution in [0, 0.1) is 6.92 Å². The molecule has 0 N–H and O–H groups in total. The second kappa shape index (κ2) is 8.81. The van der Waals surface area contributed by atoms with Crippen molar-refractivity contribution < 1.29 is 4.79 Å². The summed E-state index contributed by atoms with van der Waals surface area (Å²) in [7, 11) is 0. The fourth-order valence-electron chi connectivity index (χ4n) is 3.53. The molecule has 0 bridgehead atoms. The van der Waals surface area contributed by atoms with Crippen LogP contribution in [0.1, 0.15) is 34.6 Å². The van der Waals surface area contributed by atoms with E-state index in [1.807, 2.05) is 67.6 Å². The smallest absolute Gasteiger partial charge is 0.250 e. The first-order valence-corrected chi connectivity index (χ1v) is 10.7. The largest absolute Gasteiger partial charge is 0.272 e. The van der Waals surface area contributed by atoms with Crippen LogP contribution in [0.4, 0.5) is 0 Å². The summed E-state index contributed by atoms with van der Waals surface area (Å²) in [6, 6.07) is 20.9. The summed E-state index contributed by atoms with van der Waals surface area (Å²) in [5.41, 5.74) is 4.61. The Hall–Kier alpha value is -2.33. The van der Waals surface area contributed by atoms with E-state index in [4.69, 9.17) is 34.8 Å². The van der Waals surface area contributed by atoms with E-state index in [-0.39, 0.29) is 5.91 Å². The fraction of sp³-hybridized carbons (Fsp3) is 0.167. The molecule has 0 saturated carbocycles. The molecule has 4 rings (SSSR count). The van der Waals surface area contributed by atoms with Gasteiger partial charge < -0.3 is 0 Å². The van der Waals surface area contributed by atoms with Crippen LogP contribution in [0.25, 0.3) is 0 Å². The number of hydrogen-bond acceptors (Lipinski definition) is 2. The maximum absolute atomic E-state index is 13.4. The number of carbonyl (C=O) groups excluding carboxylic acids is 1. The van der Waals surface area contributed by atoms with Gasteiger partial charge in [-0.1, -0.05) is 88.9 Å². The van der Waals surface area contributed by atoms with E-state index in [9.17, 15) is 4.79 Å². The molecule has 0 radical (unpaired) electrons. The van der Waals surface area contributed by atoms with Gasteiger partial charge in [-0.15, -0.1) is 0 Å². The van der Waals surface area contributed by atoms with Gasteiger partial charge in [0.2, 0.25) is 0 Å². The Bertz CT molecular complexity index is 1110. The maximum atomic E-state index is 13.4. The van der Waals surface area contributed by atoms with Gasteiger partial charge in [0.05, 0.1) is 28.2 Å². The lowest BCUT2D eigenvalue weighted by molar-refractivity contribution is -0.134. The molecule has 1 amide bonds. The molecule has 0 aromatic heterocycles. The normalized spacial score (nSPS) is 16.5. The standard InChI is InChI=1S/C24H19Cl3N2O/c1-15-5-7-16(8-6-15)14-29-24(30)20(19-3-2-4-21(26)23(19)27)13-22(28-29)17-9-11-18(25)12-10-17/h2-12,20H,13-14H2,1H3. The highest BCUT2D eigenvalue weighted by atomic mass is 35.5. The third-order valence-electron chi connectivity index (χ3n) is 5.18. The third-order valence-corrected chi connectivity index (χ3v) is 6.26. The Kier molecular flexibility index (Phi) is 6.14. The van der Waals surface area contributed by atoms with Crippen molar-refractivity contribution in [1.29, 1.82) is 0 Å². The zero-order valence-electron chi connectivity index (χ0n) is 16.3. The molecule has 6 heteroatoms. The molecule has 30 heavy (non-hydrogen) atoms. The van der Waals surface area contributed by atoms with E-state index < -0.39 is 5.92 Å². The first kappa shape index (κ1) is 20.9. The van der Waals surface area contributed by atoms with Crippen LogP contribution in [0.5, 0.6) is 0 Å². The molecule has 1 aliphatic rings. The van der Waals surface area contributed by atoms with Gasteiger partial charge in [-0.3, -0.25) is 4.79 Å². The summed E-state index contributed by atoms with van der Waals surface area (Å²) in [5.74, 6) is -0.567. The Morgan fingerprint density at radius 3 is 2.37 bits per heavy atom. The van der Waals surface area contributed by atoms with Crippen molar-refractivity contribution in [2.24, 2.45) is 5.10 Å². The number of rotatable bonds is 4. The molecule has 0 spiro atoms. The predicted octanol–water partition coefficient (Wildman–Crippen LogP) is 6.88. The van der Waals surface area contributed by atoms with Gasteiger partial charge in [-0.2, -0.15) is 5.10 Å². The molecule has 1 atom stereocenters. The second-order valence-electron chi connectivity index (χ2n) is 7.33. The van der Waals surface area contributed by atoms with Crippen LogP contribution in [0.15, 0.2) is 71.8 Å². The van der Waals surface area contributed by atoms with Crippen LogP contribution in [0.2, 0.25) is 15.1 Å². The minimum atomic E-state index is -0.468. The molecule has 152 valence electrons. The number of nitrogens with zero attached hydrogens (tertiary/aromatic N) is 2. The quantitative estimate of drug-likeness (QED) is 0.420. The molecule has 0 saturated heterocycles. The number of amides is 1. The van der Waals surface area contributed by atoms with Gasteiger partial charge in [0.15, 0.2) is 0 Å². The Labute approximate surface area is 190 Å². The maximum Gasteiger partial charge on any atom is 0.250 e. The van der Waals surface area contributed by atoms with Gasteiger partial charge in [-0.05, 0) is 41.8 Å². The molecular weight excluding hydrogens is 439 g/mol. The lowest BCUT2D eigenvalue weighted by Crippen LogP contribution is -2.37. The number of aryl methyl sites for hydroxylation is 1. The van der Waals surface area contributed by atoms with E-state index in [0.29, 0.717) is 33.6 Å². The Morgan fingerprint density at radius 1 is 0.967 bits per heavy atom. The zero-order valence-corrected chi connectivity index (χ0v) is 18.5. The Balaban J connectivity index is 1.75. The predicted molar refractivity (Wildman–Crippen MR) is 124 cm³/mol. The van der Waals surface area contributed by atoms with E-state index >= 15 is 0 Å². The first-order chi connectivity index (χ1) is 14.4. The van der Waals surface area contributed by atoms with E-state index in [0.717, 1.165) is 22.4 Å². The third kappa shape index (κ3) is 4.39. The lowest BCUT2D eigenvalue weighted by atomic mass is 9.88. The van der Waals surface area contributed by atoms with E-state index in [1.54, 1.807) is 6.07 Å². The molecule has 1 aliphatic heterocycles. The molecule has 1 unspecified atom stereocenters. The topological polar surface area (TPSA) is 32.7 Å². The van der Waals surface area contributed by atoms with Crippen molar-refractivity contribution in [3.8, 4) is 0 Å². The fourth-order valence-corrected chi connectivity index (χ4v) is 4.09. The number of hydrazone groups is 1. The zero-order chi connectivity index (χ0) is 21.3. The number of benzene rings is 3. The molecule has 3 aromatic carbocycles. The van der Waals surface area contributed by atoms with Gasteiger partial charge in [-0.25, -0.2) is 5.01 Å². The van der Waals surface area contributed by atoms with E-state index in [1.165, 1.54) is 5.01 Å². The van der Waals surface area contributed by atoms with Gasteiger partial charge >= 0.3 is 0 Å². The highest BCUT2D eigenvalue weighted by Gasteiger charge is 2.34. The van der Waals surface area contributed by atoms with Crippen LogP contribution < -0.4 is 0 Å². The minimum Gasteiger partial charge on any atom is -0.272 e. The number of halogens is 3. The highest BCUT2D eigenvalue weighted by Crippen LogP contribution is 2.37. The van der Waals surface area contributed by atoms with Gasteiger partial charge in [0, 0.05) is 11.4 Å². The van der Waals surface area contributed by atoms with Crippen molar-refractivity contribution in [2.45, 2.75) is 25.8 Å². The monoisotopic (exact) mass is 456 g/mol. The summed E-state index contributed by atoms with van der Waals surface area (Å²) >= 11 is 18.8. The summed E-state index contributed by atoms with van der Waals surface area (Å²) in [5, 5.41) is 7.71. The summed E-state index contributed by atoms with van der Waals surface area (Å²) in [6.45, 7) is 2.41. The molecule has 1 heterocycles. The van der Waals surface area contributed by atoms with Gasteiger partial charge in [0.25, 0.3) is 5.91 Å². The molecule has 0 fully saturated rings. The number of carbonyl (C=O) groups is 1. The highest BCUT2D eigenvalue weighted by molar-refractivity contribution is 6.42. The Morgan fingerprint density at radius 2 is 1.67 bits per heavy atom. The minimum absolute atomic E-state index is 0.0996. The summed E-state index contributed by atoms with van der Waals surface area (Å²) in [6.07, 6.45) is 0.435. The summed E-state index contributed by atoms with van der Waals surface area (Å²) < 4.78 is 0. The van der Waals surface area contributed by atoms with Crippen molar-refractivity contribution in [3.63, 3.8) is 0 Å². The number of hydrogen-bond donors (Lipinski definition) is 0. The van der Waals surface area contributed by atoms with Crippen molar-refractivity contribution in [1.82, 2.24) is 5.01 Å². The SMILES string of the molecule is Cc1ccc(CN2N=C(c3ccc(Cl)cc3)CC(c3cccc(Cl)c3Cl)C2=O)cc1. The molecule has 3 aromatic rings. The van der Waals surface area contributed by atoms with Crippen LogP contribution in [-0.2, 0) is 11.3 Å². The van der Waals surface area contributed by atoms with Crippen LogP contribution in [0.3, 0.4) is 0 Å². The summed E-state index contributed by atoms with van der Waals surface area (Å²) in [4.78, 5) is 13.4.